The maximum absolute atomic E-state index is 13.2. The zero-order valence-corrected chi connectivity index (χ0v) is 11.8. The topological polar surface area (TPSA) is 17.1 Å². The van der Waals surface area contributed by atoms with E-state index in [1.54, 1.807) is 0 Å². The largest absolute Gasteiger partial charge is 0.281 e. The molecule has 2 unspecified atom stereocenters. The van der Waals surface area contributed by atoms with Gasteiger partial charge in [-0.15, -0.1) is 23.2 Å². The zero-order chi connectivity index (χ0) is 13.0. The standard InChI is InChI=1S/C10H4Cl5FO/c11-4-1-3(2-5(12)8(4)16)6-7(9(13)17)10(6,14)15/h1-2,6-7H. The van der Waals surface area contributed by atoms with Gasteiger partial charge in [0.05, 0.1) is 16.0 Å². The summed E-state index contributed by atoms with van der Waals surface area (Å²) >= 11 is 28.5. The molecule has 0 heterocycles. The van der Waals surface area contributed by atoms with Crippen molar-refractivity contribution >= 4 is 63.2 Å². The van der Waals surface area contributed by atoms with Crippen molar-refractivity contribution in [1.82, 2.24) is 0 Å². The number of carbonyl (C=O) groups is 1. The molecular weight excluding hydrogens is 332 g/mol. The number of halogens is 6. The molecule has 0 aromatic heterocycles. The summed E-state index contributed by atoms with van der Waals surface area (Å²) in [5.41, 5.74) is 0.491. The highest BCUT2D eigenvalue weighted by Gasteiger charge is 2.67. The van der Waals surface area contributed by atoms with Crippen LogP contribution in [-0.4, -0.2) is 9.58 Å². The minimum atomic E-state index is -1.29. The first kappa shape index (κ1) is 13.7. The summed E-state index contributed by atoms with van der Waals surface area (Å²) in [6.07, 6.45) is 0. The van der Waals surface area contributed by atoms with Crippen LogP contribution in [0, 0.1) is 11.7 Å². The summed E-state index contributed by atoms with van der Waals surface area (Å²) in [5.74, 6) is -1.97. The molecule has 1 aromatic carbocycles. The minimum Gasteiger partial charge on any atom is -0.281 e. The van der Waals surface area contributed by atoms with E-state index in [2.05, 4.69) is 0 Å². The van der Waals surface area contributed by atoms with Crippen molar-refractivity contribution in [3.63, 3.8) is 0 Å². The molecule has 1 aromatic rings. The molecule has 0 bridgehead atoms. The molecule has 1 nitrogen and oxygen atoms in total. The summed E-state index contributed by atoms with van der Waals surface area (Å²) in [6, 6.07) is 2.68. The molecule has 2 rings (SSSR count). The Hall–Kier alpha value is 0.270. The molecule has 1 aliphatic carbocycles. The zero-order valence-electron chi connectivity index (χ0n) is 7.99. The Morgan fingerprint density at radius 3 is 2.06 bits per heavy atom. The molecule has 2 atom stereocenters. The van der Waals surface area contributed by atoms with Crippen molar-refractivity contribution in [2.75, 3.05) is 0 Å². The van der Waals surface area contributed by atoms with Crippen LogP contribution in [0.25, 0.3) is 0 Å². The monoisotopic (exact) mass is 334 g/mol. The molecule has 7 heteroatoms. The highest BCUT2D eigenvalue weighted by atomic mass is 35.5. The fourth-order valence-electron chi connectivity index (χ4n) is 1.78. The Morgan fingerprint density at radius 2 is 1.71 bits per heavy atom. The van der Waals surface area contributed by atoms with Crippen LogP contribution in [0.15, 0.2) is 12.1 Å². The second kappa shape index (κ2) is 4.43. The summed E-state index contributed by atoms with van der Waals surface area (Å²) in [7, 11) is 0. The number of hydrogen-bond donors (Lipinski definition) is 0. The Kier molecular flexibility index (Phi) is 3.57. The van der Waals surface area contributed by atoms with Crippen molar-refractivity contribution in [2.45, 2.75) is 10.3 Å². The van der Waals surface area contributed by atoms with Gasteiger partial charge < -0.3 is 0 Å². The van der Waals surface area contributed by atoms with Crippen LogP contribution in [0.3, 0.4) is 0 Å². The third-order valence-electron chi connectivity index (χ3n) is 2.66. The van der Waals surface area contributed by atoms with Gasteiger partial charge in [0.15, 0.2) is 5.82 Å². The van der Waals surface area contributed by atoms with E-state index in [4.69, 9.17) is 58.0 Å². The van der Waals surface area contributed by atoms with Crippen LogP contribution < -0.4 is 0 Å². The van der Waals surface area contributed by atoms with Crippen LogP contribution in [-0.2, 0) is 4.79 Å². The number of hydrogen-bond acceptors (Lipinski definition) is 1. The number of alkyl halides is 2. The summed E-state index contributed by atoms with van der Waals surface area (Å²) in [5, 5.41) is -0.940. The molecule has 1 fully saturated rings. The molecular formula is C10H4Cl5FO. The Labute approximate surface area is 122 Å². The van der Waals surface area contributed by atoms with Gasteiger partial charge in [-0.2, -0.15) is 0 Å². The normalized spacial score (nSPS) is 25.8. The average molecular weight is 336 g/mol. The fourth-order valence-corrected chi connectivity index (χ4v) is 3.52. The summed E-state index contributed by atoms with van der Waals surface area (Å²) in [4.78, 5) is 11.1. The Balaban J connectivity index is 2.41. The van der Waals surface area contributed by atoms with Gasteiger partial charge in [0, 0.05) is 5.92 Å². The predicted molar refractivity (Wildman–Crippen MR) is 67.9 cm³/mol. The lowest BCUT2D eigenvalue weighted by Crippen LogP contribution is -1.96. The van der Waals surface area contributed by atoms with Crippen LogP contribution in [0.1, 0.15) is 11.5 Å². The van der Waals surface area contributed by atoms with Gasteiger partial charge in [0.2, 0.25) is 5.24 Å². The molecule has 1 aliphatic rings. The molecule has 0 aliphatic heterocycles. The number of carbonyl (C=O) groups excluding carboxylic acids is 1. The van der Waals surface area contributed by atoms with Crippen LogP contribution in [0.4, 0.5) is 4.39 Å². The lowest BCUT2D eigenvalue weighted by Gasteiger charge is -2.04. The lowest BCUT2D eigenvalue weighted by atomic mass is 10.1. The predicted octanol–water partition coefficient (Wildman–Crippen LogP) is 4.79. The second-order valence-electron chi connectivity index (χ2n) is 3.73. The fraction of sp³-hybridized carbons (Fsp3) is 0.300. The Bertz CT molecular complexity index is 478. The smallest absolute Gasteiger partial charge is 0.228 e. The maximum Gasteiger partial charge on any atom is 0.228 e. The maximum atomic E-state index is 13.2. The van der Waals surface area contributed by atoms with Crippen LogP contribution in [0.5, 0.6) is 0 Å². The molecule has 0 radical (unpaired) electrons. The van der Waals surface area contributed by atoms with Crippen molar-refractivity contribution in [1.29, 1.82) is 0 Å². The minimum absolute atomic E-state index is 0.149. The number of benzene rings is 1. The van der Waals surface area contributed by atoms with E-state index in [1.165, 1.54) is 12.1 Å². The first-order valence-corrected chi connectivity index (χ1v) is 6.37. The van der Waals surface area contributed by atoms with E-state index in [0.29, 0.717) is 5.56 Å². The van der Waals surface area contributed by atoms with Gasteiger partial charge in [0.25, 0.3) is 0 Å². The van der Waals surface area contributed by atoms with Crippen LogP contribution in [0.2, 0.25) is 10.0 Å². The van der Waals surface area contributed by atoms with Crippen molar-refractivity contribution in [3.05, 3.63) is 33.6 Å². The third kappa shape index (κ3) is 2.26. The van der Waals surface area contributed by atoms with Crippen molar-refractivity contribution in [2.24, 2.45) is 5.92 Å². The summed E-state index contributed by atoms with van der Waals surface area (Å²) < 4.78 is 11.9. The first-order valence-electron chi connectivity index (χ1n) is 4.48. The molecule has 0 spiro atoms. The molecule has 92 valence electrons. The molecule has 0 N–H and O–H groups in total. The second-order valence-corrected chi connectivity index (χ2v) is 6.36. The Morgan fingerprint density at radius 1 is 1.24 bits per heavy atom. The van der Waals surface area contributed by atoms with Crippen LogP contribution >= 0.6 is 58.0 Å². The van der Waals surface area contributed by atoms with E-state index in [1.807, 2.05) is 0 Å². The molecule has 0 saturated heterocycles. The van der Waals surface area contributed by atoms with Crippen molar-refractivity contribution in [3.8, 4) is 0 Å². The van der Waals surface area contributed by atoms with Gasteiger partial charge in [-0.25, -0.2) is 4.39 Å². The van der Waals surface area contributed by atoms with E-state index in [9.17, 15) is 9.18 Å². The highest BCUT2D eigenvalue weighted by Crippen LogP contribution is 2.66. The van der Waals surface area contributed by atoms with E-state index >= 15 is 0 Å². The quantitative estimate of drug-likeness (QED) is 0.431. The molecule has 17 heavy (non-hydrogen) atoms. The molecule has 0 amide bonds. The van der Waals surface area contributed by atoms with Gasteiger partial charge in [-0.1, -0.05) is 23.2 Å². The van der Waals surface area contributed by atoms with Gasteiger partial charge >= 0.3 is 0 Å². The van der Waals surface area contributed by atoms with E-state index in [-0.39, 0.29) is 10.0 Å². The average Bonchev–Trinajstić information content (AvgIpc) is 2.77. The first-order chi connectivity index (χ1) is 7.76. The van der Waals surface area contributed by atoms with E-state index < -0.39 is 27.2 Å². The van der Waals surface area contributed by atoms with Gasteiger partial charge in [0.1, 0.15) is 4.33 Å². The molecule has 1 saturated carbocycles. The van der Waals surface area contributed by atoms with E-state index in [0.717, 1.165) is 0 Å². The van der Waals surface area contributed by atoms with Gasteiger partial charge in [-0.05, 0) is 29.3 Å². The SMILES string of the molecule is O=C(Cl)C1C(c2cc(Cl)c(F)c(Cl)c2)C1(Cl)Cl. The highest BCUT2D eigenvalue weighted by molar-refractivity contribution is 6.68. The third-order valence-corrected chi connectivity index (χ3v) is 4.39. The van der Waals surface area contributed by atoms with Gasteiger partial charge in [-0.3, -0.25) is 4.79 Å². The number of rotatable bonds is 2. The lowest BCUT2D eigenvalue weighted by molar-refractivity contribution is -0.112. The summed E-state index contributed by atoms with van der Waals surface area (Å²) in [6.45, 7) is 0. The van der Waals surface area contributed by atoms with Crippen molar-refractivity contribution < 1.29 is 9.18 Å².